The predicted molar refractivity (Wildman–Crippen MR) is 81.9 cm³/mol. The maximum atomic E-state index is 9.35. The highest BCUT2D eigenvalue weighted by molar-refractivity contribution is 7.15. The van der Waals surface area contributed by atoms with E-state index in [2.05, 4.69) is 24.1 Å². The van der Waals surface area contributed by atoms with E-state index < -0.39 is 0 Å². The lowest BCUT2D eigenvalue weighted by Gasteiger charge is -2.07. The molecule has 0 radical (unpaired) electrons. The van der Waals surface area contributed by atoms with Crippen molar-refractivity contribution in [1.29, 1.82) is 0 Å². The molecule has 5 heteroatoms. The van der Waals surface area contributed by atoms with Gasteiger partial charge in [0.2, 0.25) is 0 Å². The Hall–Kier alpha value is -1.43. The van der Waals surface area contributed by atoms with Crippen molar-refractivity contribution in [2.45, 2.75) is 33.0 Å². The Kier molecular flexibility index (Phi) is 5.11. The minimum Gasteiger partial charge on any atom is -0.508 e. The Labute approximate surface area is 123 Å². The van der Waals surface area contributed by atoms with E-state index in [1.165, 1.54) is 4.88 Å². The molecular weight excluding hydrogens is 272 g/mol. The van der Waals surface area contributed by atoms with Crippen LogP contribution in [0.5, 0.6) is 5.75 Å². The Morgan fingerprint density at radius 1 is 1.30 bits per heavy atom. The number of rotatable bonds is 6. The number of nitrogens with one attached hydrogen (secondary N) is 1. The molecule has 20 heavy (non-hydrogen) atoms. The summed E-state index contributed by atoms with van der Waals surface area (Å²) in [7, 11) is 1.68. The first-order chi connectivity index (χ1) is 9.60. The van der Waals surface area contributed by atoms with Crippen molar-refractivity contribution >= 4 is 11.3 Å². The van der Waals surface area contributed by atoms with Gasteiger partial charge in [-0.3, -0.25) is 0 Å². The standard InChI is InChI=1S/C15H20N2O2S/c1-10(2)16-8-14-13(9-19-3)17-15(20-14)11-4-6-12(18)7-5-11/h4-7,10,16,18H,8-9H2,1-3H3. The van der Waals surface area contributed by atoms with Gasteiger partial charge in [-0.25, -0.2) is 4.98 Å². The van der Waals surface area contributed by atoms with E-state index in [1.807, 2.05) is 12.1 Å². The first kappa shape index (κ1) is 15.0. The number of hydrogen-bond donors (Lipinski definition) is 2. The number of aromatic hydroxyl groups is 1. The molecule has 2 N–H and O–H groups in total. The number of hydrogen-bond acceptors (Lipinski definition) is 5. The Bertz CT molecular complexity index is 550. The summed E-state index contributed by atoms with van der Waals surface area (Å²) >= 11 is 1.67. The number of aromatic nitrogens is 1. The molecule has 0 amide bonds. The molecule has 2 aromatic rings. The van der Waals surface area contributed by atoms with Crippen molar-refractivity contribution < 1.29 is 9.84 Å². The molecule has 1 heterocycles. The van der Waals surface area contributed by atoms with Gasteiger partial charge in [0.1, 0.15) is 10.8 Å². The second-order valence-corrected chi connectivity index (χ2v) is 5.99. The van der Waals surface area contributed by atoms with Gasteiger partial charge >= 0.3 is 0 Å². The van der Waals surface area contributed by atoms with Gasteiger partial charge in [0, 0.05) is 30.1 Å². The van der Waals surface area contributed by atoms with E-state index in [-0.39, 0.29) is 5.75 Å². The summed E-state index contributed by atoms with van der Waals surface area (Å²) in [6.07, 6.45) is 0. The molecule has 0 aliphatic heterocycles. The van der Waals surface area contributed by atoms with Crippen LogP contribution in [0.25, 0.3) is 10.6 Å². The van der Waals surface area contributed by atoms with E-state index in [0.717, 1.165) is 22.8 Å². The fraction of sp³-hybridized carbons (Fsp3) is 0.400. The molecular formula is C15H20N2O2S. The molecule has 0 fully saturated rings. The summed E-state index contributed by atoms with van der Waals surface area (Å²) in [6.45, 7) is 5.56. The lowest BCUT2D eigenvalue weighted by Crippen LogP contribution is -2.21. The van der Waals surface area contributed by atoms with E-state index in [0.29, 0.717) is 12.6 Å². The predicted octanol–water partition coefficient (Wildman–Crippen LogP) is 3.16. The molecule has 0 spiro atoms. The molecule has 0 saturated heterocycles. The molecule has 0 saturated carbocycles. The smallest absolute Gasteiger partial charge is 0.124 e. The molecule has 0 bridgehead atoms. The molecule has 0 aliphatic carbocycles. The highest BCUT2D eigenvalue weighted by atomic mass is 32.1. The van der Waals surface area contributed by atoms with Gasteiger partial charge in [-0.1, -0.05) is 13.8 Å². The van der Waals surface area contributed by atoms with Gasteiger partial charge in [-0.15, -0.1) is 11.3 Å². The lowest BCUT2D eigenvalue weighted by molar-refractivity contribution is 0.181. The average Bonchev–Trinajstić information content (AvgIpc) is 2.81. The quantitative estimate of drug-likeness (QED) is 0.858. The molecule has 4 nitrogen and oxygen atoms in total. The van der Waals surface area contributed by atoms with Crippen molar-refractivity contribution in [2.75, 3.05) is 7.11 Å². The van der Waals surface area contributed by atoms with Crippen LogP contribution in [0.4, 0.5) is 0 Å². The van der Waals surface area contributed by atoms with Crippen LogP contribution in [0.2, 0.25) is 0 Å². The fourth-order valence-electron chi connectivity index (χ4n) is 1.80. The average molecular weight is 292 g/mol. The number of phenolic OH excluding ortho intramolecular Hbond substituents is 1. The van der Waals surface area contributed by atoms with Crippen LogP contribution in [0.1, 0.15) is 24.4 Å². The van der Waals surface area contributed by atoms with Crippen LogP contribution in [0, 0.1) is 0 Å². The first-order valence-electron chi connectivity index (χ1n) is 6.60. The number of benzene rings is 1. The van der Waals surface area contributed by atoms with E-state index in [9.17, 15) is 5.11 Å². The van der Waals surface area contributed by atoms with Crippen molar-refractivity contribution in [3.05, 3.63) is 34.8 Å². The summed E-state index contributed by atoms with van der Waals surface area (Å²) in [4.78, 5) is 5.85. The minimum absolute atomic E-state index is 0.268. The Morgan fingerprint density at radius 3 is 2.60 bits per heavy atom. The Morgan fingerprint density at radius 2 is 2.00 bits per heavy atom. The lowest BCUT2D eigenvalue weighted by atomic mass is 10.2. The Balaban J connectivity index is 2.25. The number of methoxy groups -OCH3 is 1. The molecule has 0 aliphatic rings. The molecule has 2 rings (SSSR count). The van der Waals surface area contributed by atoms with Crippen LogP contribution in [0.15, 0.2) is 24.3 Å². The largest absolute Gasteiger partial charge is 0.508 e. The van der Waals surface area contributed by atoms with Gasteiger partial charge in [-0.2, -0.15) is 0 Å². The third-order valence-corrected chi connectivity index (χ3v) is 3.99. The number of phenols is 1. The molecule has 1 aromatic heterocycles. The number of nitrogens with zero attached hydrogens (tertiary/aromatic N) is 1. The minimum atomic E-state index is 0.268. The van der Waals surface area contributed by atoms with Crippen molar-refractivity contribution in [1.82, 2.24) is 10.3 Å². The third kappa shape index (κ3) is 3.79. The van der Waals surface area contributed by atoms with Crippen molar-refractivity contribution in [3.8, 4) is 16.3 Å². The fourth-order valence-corrected chi connectivity index (χ4v) is 2.82. The van der Waals surface area contributed by atoms with Crippen molar-refractivity contribution in [3.63, 3.8) is 0 Å². The normalized spacial score (nSPS) is 11.2. The summed E-state index contributed by atoms with van der Waals surface area (Å²) < 4.78 is 5.22. The maximum Gasteiger partial charge on any atom is 0.124 e. The summed E-state index contributed by atoms with van der Waals surface area (Å²) in [6, 6.07) is 7.55. The zero-order valence-corrected chi connectivity index (χ0v) is 12.8. The van der Waals surface area contributed by atoms with Gasteiger partial charge in [-0.05, 0) is 24.3 Å². The van der Waals surface area contributed by atoms with Crippen molar-refractivity contribution in [2.24, 2.45) is 0 Å². The third-order valence-electron chi connectivity index (χ3n) is 2.84. The second-order valence-electron chi connectivity index (χ2n) is 4.90. The second kappa shape index (κ2) is 6.83. The van der Waals surface area contributed by atoms with Crippen LogP contribution in [-0.4, -0.2) is 23.2 Å². The maximum absolute atomic E-state index is 9.35. The van der Waals surface area contributed by atoms with Crippen LogP contribution in [-0.2, 0) is 17.9 Å². The number of thiazole rings is 1. The first-order valence-corrected chi connectivity index (χ1v) is 7.42. The summed E-state index contributed by atoms with van der Waals surface area (Å²) in [5.41, 5.74) is 2.00. The highest BCUT2D eigenvalue weighted by Crippen LogP contribution is 2.29. The van der Waals surface area contributed by atoms with Crippen LogP contribution in [0.3, 0.4) is 0 Å². The van der Waals surface area contributed by atoms with E-state index >= 15 is 0 Å². The molecule has 1 aromatic carbocycles. The van der Waals surface area contributed by atoms with Gasteiger partial charge in [0.05, 0.1) is 12.3 Å². The van der Waals surface area contributed by atoms with E-state index in [1.54, 1.807) is 30.6 Å². The SMILES string of the molecule is COCc1nc(-c2ccc(O)cc2)sc1CNC(C)C. The molecule has 0 atom stereocenters. The van der Waals surface area contributed by atoms with Crippen LogP contribution < -0.4 is 5.32 Å². The zero-order chi connectivity index (χ0) is 14.5. The zero-order valence-electron chi connectivity index (χ0n) is 12.0. The van der Waals surface area contributed by atoms with Gasteiger partial charge in [0.25, 0.3) is 0 Å². The topological polar surface area (TPSA) is 54.4 Å². The van der Waals surface area contributed by atoms with Crippen LogP contribution >= 0.6 is 11.3 Å². The summed E-state index contributed by atoms with van der Waals surface area (Å²) in [5.74, 6) is 0.268. The monoisotopic (exact) mass is 292 g/mol. The molecule has 108 valence electrons. The van der Waals surface area contributed by atoms with E-state index in [4.69, 9.17) is 4.74 Å². The van der Waals surface area contributed by atoms with Gasteiger partial charge < -0.3 is 15.2 Å². The van der Waals surface area contributed by atoms with Gasteiger partial charge in [0.15, 0.2) is 0 Å². The molecule has 0 unspecified atom stereocenters. The highest BCUT2D eigenvalue weighted by Gasteiger charge is 2.12. The summed E-state index contributed by atoms with van der Waals surface area (Å²) in [5, 5.41) is 13.7. The number of ether oxygens (including phenoxy) is 1.